The molecule has 1 aromatic carbocycles. The van der Waals surface area contributed by atoms with Crippen LogP contribution in [0, 0.1) is 20.8 Å². The summed E-state index contributed by atoms with van der Waals surface area (Å²) >= 11 is 0. The Hall–Kier alpha value is -2.70. The van der Waals surface area contributed by atoms with Gasteiger partial charge in [-0.25, -0.2) is 4.79 Å². The Labute approximate surface area is 152 Å². The predicted octanol–water partition coefficient (Wildman–Crippen LogP) is 2.06. The lowest BCUT2D eigenvalue weighted by atomic mass is 9.97. The third-order valence-electron chi connectivity index (χ3n) is 4.30. The molecule has 3 amide bonds. The SMILES string of the molecule is Cc1cc(C)c(C(=O)COC(=O)CCN2C(=O)NC(C)(C)C2=O)c(C)c1. The molecule has 1 N–H and O–H groups in total. The minimum Gasteiger partial charge on any atom is -0.457 e. The molecule has 1 aliphatic rings. The Morgan fingerprint density at radius 1 is 1.12 bits per heavy atom. The van der Waals surface area contributed by atoms with Crippen LogP contribution in [0.3, 0.4) is 0 Å². The van der Waals surface area contributed by atoms with E-state index in [1.54, 1.807) is 13.8 Å². The summed E-state index contributed by atoms with van der Waals surface area (Å²) in [5, 5.41) is 2.54. The van der Waals surface area contributed by atoms with Crippen molar-refractivity contribution in [2.75, 3.05) is 13.2 Å². The molecule has 0 unspecified atom stereocenters. The molecule has 7 heteroatoms. The Morgan fingerprint density at radius 2 is 1.69 bits per heavy atom. The average Bonchev–Trinajstić information content (AvgIpc) is 2.70. The summed E-state index contributed by atoms with van der Waals surface area (Å²) in [4.78, 5) is 49.0. The van der Waals surface area contributed by atoms with Crippen molar-refractivity contribution in [1.29, 1.82) is 0 Å². The summed E-state index contributed by atoms with van der Waals surface area (Å²) in [6.45, 7) is 8.38. The molecule has 0 aliphatic carbocycles. The molecule has 1 fully saturated rings. The van der Waals surface area contributed by atoms with E-state index in [-0.39, 0.29) is 25.4 Å². The number of hydrogen-bond donors (Lipinski definition) is 1. The summed E-state index contributed by atoms with van der Waals surface area (Å²) in [5.74, 6) is -1.30. The van der Waals surface area contributed by atoms with Crippen LogP contribution in [0.4, 0.5) is 4.79 Å². The average molecular weight is 360 g/mol. The second-order valence-electron chi connectivity index (χ2n) is 7.12. The van der Waals surface area contributed by atoms with Crippen LogP contribution in [0.15, 0.2) is 12.1 Å². The minimum absolute atomic E-state index is 0.0797. The summed E-state index contributed by atoms with van der Waals surface area (Å²) in [6.07, 6.45) is -0.158. The van der Waals surface area contributed by atoms with Crippen molar-refractivity contribution in [2.24, 2.45) is 0 Å². The van der Waals surface area contributed by atoms with Gasteiger partial charge >= 0.3 is 12.0 Å². The van der Waals surface area contributed by atoms with Gasteiger partial charge in [-0.3, -0.25) is 19.3 Å². The molecule has 140 valence electrons. The Balaban J connectivity index is 1.89. The maximum atomic E-state index is 12.3. The lowest BCUT2D eigenvalue weighted by molar-refractivity contribution is -0.143. The van der Waals surface area contributed by atoms with Crippen LogP contribution in [-0.2, 0) is 14.3 Å². The van der Waals surface area contributed by atoms with Crippen molar-refractivity contribution < 1.29 is 23.9 Å². The quantitative estimate of drug-likeness (QED) is 0.476. The van der Waals surface area contributed by atoms with Gasteiger partial charge in [0.15, 0.2) is 6.61 Å². The molecule has 1 aliphatic heterocycles. The number of nitrogens with zero attached hydrogens (tertiary/aromatic N) is 1. The van der Waals surface area contributed by atoms with Crippen LogP contribution in [0.2, 0.25) is 0 Å². The topological polar surface area (TPSA) is 92.8 Å². The van der Waals surface area contributed by atoms with E-state index in [9.17, 15) is 19.2 Å². The third kappa shape index (κ3) is 4.09. The van der Waals surface area contributed by atoms with Gasteiger partial charge in [-0.05, 0) is 45.7 Å². The van der Waals surface area contributed by atoms with Gasteiger partial charge < -0.3 is 10.1 Å². The molecule has 7 nitrogen and oxygen atoms in total. The number of imide groups is 1. The van der Waals surface area contributed by atoms with Crippen LogP contribution in [0.25, 0.3) is 0 Å². The smallest absolute Gasteiger partial charge is 0.325 e. The number of carbonyl (C=O) groups is 4. The second kappa shape index (κ2) is 7.27. The van der Waals surface area contributed by atoms with Crippen LogP contribution < -0.4 is 5.32 Å². The highest BCUT2D eigenvalue weighted by atomic mass is 16.5. The van der Waals surface area contributed by atoms with Gasteiger partial charge in [-0.15, -0.1) is 0 Å². The van der Waals surface area contributed by atoms with Gasteiger partial charge in [0.1, 0.15) is 5.54 Å². The molecule has 26 heavy (non-hydrogen) atoms. The van der Waals surface area contributed by atoms with Crippen LogP contribution in [-0.4, -0.2) is 47.3 Å². The third-order valence-corrected chi connectivity index (χ3v) is 4.30. The number of esters is 1. The summed E-state index contributed by atoms with van der Waals surface area (Å²) in [5.41, 5.74) is 2.32. The van der Waals surface area contributed by atoms with E-state index in [1.165, 1.54) is 0 Å². The largest absolute Gasteiger partial charge is 0.457 e. The zero-order valence-corrected chi connectivity index (χ0v) is 15.8. The van der Waals surface area contributed by atoms with Crippen molar-refractivity contribution in [3.8, 4) is 0 Å². The van der Waals surface area contributed by atoms with Gasteiger partial charge in [0.25, 0.3) is 5.91 Å². The molecule has 0 saturated carbocycles. The van der Waals surface area contributed by atoms with Crippen molar-refractivity contribution in [2.45, 2.75) is 46.6 Å². The molecule has 0 atom stereocenters. The van der Waals surface area contributed by atoms with Gasteiger partial charge in [-0.1, -0.05) is 17.7 Å². The van der Waals surface area contributed by atoms with E-state index in [4.69, 9.17) is 4.74 Å². The van der Waals surface area contributed by atoms with Gasteiger partial charge in [-0.2, -0.15) is 0 Å². The number of hydrogen-bond acceptors (Lipinski definition) is 5. The molecule has 0 bridgehead atoms. The standard InChI is InChI=1S/C19H24N2O5/c1-11-8-12(2)16(13(3)9-11)14(22)10-26-15(23)6-7-21-17(24)19(4,5)20-18(21)25/h8-9H,6-7,10H2,1-5H3,(H,20,25). The fourth-order valence-electron chi connectivity index (χ4n) is 3.13. The molecule has 0 radical (unpaired) electrons. The first-order valence-electron chi connectivity index (χ1n) is 8.43. The molecule has 2 rings (SSSR count). The predicted molar refractivity (Wildman–Crippen MR) is 94.9 cm³/mol. The highest BCUT2D eigenvalue weighted by molar-refractivity contribution is 6.06. The Bertz CT molecular complexity index is 759. The molecular weight excluding hydrogens is 336 g/mol. The van der Waals surface area contributed by atoms with Gasteiger partial charge in [0.05, 0.1) is 6.42 Å². The zero-order valence-electron chi connectivity index (χ0n) is 15.8. The highest BCUT2D eigenvalue weighted by Crippen LogP contribution is 2.18. The van der Waals surface area contributed by atoms with Crippen molar-refractivity contribution >= 4 is 23.7 Å². The fourth-order valence-corrected chi connectivity index (χ4v) is 3.13. The summed E-state index contributed by atoms with van der Waals surface area (Å²) in [6, 6.07) is 3.28. The first kappa shape index (κ1) is 19.6. The molecule has 1 saturated heterocycles. The maximum Gasteiger partial charge on any atom is 0.325 e. The van der Waals surface area contributed by atoms with Crippen molar-refractivity contribution in [3.63, 3.8) is 0 Å². The Morgan fingerprint density at radius 3 is 2.19 bits per heavy atom. The molecule has 1 aromatic rings. The van der Waals surface area contributed by atoms with E-state index in [0.717, 1.165) is 21.6 Å². The molecule has 0 aromatic heterocycles. The summed E-state index contributed by atoms with van der Waals surface area (Å²) in [7, 11) is 0. The number of carbonyl (C=O) groups excluding carboxylic acids is 4. The number of amides is 3. The number of aryl methyl sites for hydroxylation is 3. The van der Waals surface area contributed by atoms with Gasteiger partial charge in [0, 0.05) is 12.1 Å². The number of benzene rings is 1. The normalized spacial score (nSPS) is 15.8. The summed E-state index contributed by atoms with van der Waals surface area (Å²) < 4.78 is 5.02. The number of ketones is 1. The van der Waals surface area contributed by atoms with E-state index >= 15 is 0 Å². The highest BCUT2D eigenvalue weighted by Gasteiger charge is 2.44. The van der Waals surface area contributed by atoms with Crippen LogP contribution >= 0.6 is 0 Å². The van der Waals surface area contributed by atoms with Crippen LogP contribution in [0.1, 0.15) is 47.3 Å². The minimum atomic E-state index is -0.975. The monoisotopic (exact) mass is 360 g/mol. The second-order valence-corrected chi connectivity index (χ2v) is 7.12. The first-order chi connectivity index (χ1) is 12.0. The van der Waals surface area contributed by atoms with E-state index in [2.05, 4.69) is 5.32 Å². The van der Waals surface area contributed by atoms with Crippen molar-refractivity contribution in [3.05, 3.63) is 34.4 Å². The fraction of sp³-hybridized carbons (Fsp3) is 0.474. The van der Waals surface area contributed by atoms with E-state index in [0.29, 0.717) is 5.56 Å². The number of urea groups is 1. The first-order valence-corrected chi connectivity index (χ1v) is 8.43. The molecule has 1 heterocycles. The lowest BCUT2D eigenvalue weighted by Gasteiger charge is -2.15. The lowest BCUT2D eigenvalue weighted by Crippen LogP contribution is -2.40. The molecule has 0 spiro atoms. The number of ether oxygens (including phenoxy) is 1. The van der Waals surface area contributed by atoms with E-state index < -0.39 is 23.4 Å². The zero-order chi connectivity index (χ0) is 19.6. The number of rotatable bonds is 6. The number of Topliss-reactive ketones (excluding diaryl/α,β-unsaturated/α-hetero) is 1. The Kier molecular flexibility index (Phi) is 5.49. The van der Waals surface area contributed by atoms with Crippen molar-refractivity contribution in [1.82, 2.24) is 10.2 Å². The van der Waals surface area contributed by atoms with Gasteiger partial charge in [0.2, 0.25) is 5.78 Å². The van der Waals surface area contributed by atoms with Crippen LogP contribution in [0.5, 0.6) is 0 Å². The maximum absolute atomic E-state index is 12.3. The molecular formula is C19H24N2O5. The number of nitrogens with one attached hydrogen (secondary N) is 1. The van der Waals surface area contributed by atoms with E-state index in [1.807, 2.05) is 32.9 Å².